The molecule has 0 N–H and O–H groups in total. The van der Waals surface area contributed by atoms with Crippen molar-refractivity contribution >= 4 is 11.8 Å². The lowest BCUT2D eigenvalue weighted by Crippen LogP contribution is -2.22. The summed E-state index contributed by atoms with van der Waals surface area (Å²) in [7, 11) is 0. The van der Waals surface area contributed by atoms with Crippen LogP contribution in [0.15, 0.2) is 23.1 Å². The van der Waals surface area contributed by atoms with Gasteiger partial charge in [0.1, 0.15) is 5.82 Å². The maximum Gasteiger partial charge on any atom is 0.192 e. The van der Waals surface area contributed by atoms with E-state index in [9.17, 15) is 4.39 Å². The van der Waals surface area contributed by atoms with Crippen LogP contribution < -0.4 is 0 Å². The lowest BCUT2D eigenvalue weighted by atomic mass is 10.1. The van der Waals surface area contributed by atoms with Crippen LogP contribution in [-0.2, 0) is 15.3 Å². The first kappa shape index (κ1) is 10.9. The van der Waals surface area contributed by atoms with E-state index in [0.717, 1.165) is 5.56 Å². The first-order valence-corrected chi connectivity index (χ1v) is 6.00. The first-order chi connectivity index (χ1) is 7.15. The quantitative estimate of drug-likeness (QED) is 0.725. The van der Waals surface area contributed by atoms with Crippen LogP contribution in [0.4, 0.5) is 4.39 Å². The Morgan fingerprint density at radius 1 is 1.33 bits per heavy atom. The third-order valence-corrected chi connectivity index (χ3v) is 3.27. The van der Waals surface area contributed by atoms with E-state index in [1.165, 1.54) is 17.8 Å². The lowest BCUT2D eigenvalue weighted by molar-refractivity contribution is -0.149. The predicted molar refractivity (Wildman–Crippen MR) is 57.4 cm³/mol. The smallest absolute Gasteiger partial charge is 0.192 e. The monoisotopic (exact) mass is 228 g/mol. The van der Waals surface area contributed by atoms with Gasteiger partial charge in [0, 0.05) is 10.5 Å². The minimum Gasteiger partial charge on any atom is -0.344 e. The molecule has 1 heterocycles. The molecule has 1 aromatic carbocycles. The van der Waals surface area contributed by atoms with Gasteiger partial charge < -0.3 is 9.47 Å². The molecule has 2 rings (SSSR count). The van der Waals surface area contributed by atoms with Gasteiger partial charge in [0.15, 0.2) is 5.79 Å². The highest BCUT2D eigenvalue weighted by molar-refractivity contribution is 7.98. The number of hydrogen-bond acceptors (Lipinski definition) is 3. The fourth-order valence-corrected chi connectivity index (χ4v) is 2.13. The minimum atomic E-state index is -0.710. The van der Waals surface area contributed by atoms with Gasteiger partial charge in [-0.05, 0) is 25.3 Å². The summed E-state index contributed by atoms with van der Waals surface area (Å²) in [5, 5.41) is 0. The Labute approximate surface area is 92.8 Å². The van der Waals surface area contributed by atoms with E-state index in [1.54, 1.807) is 12.1 Å². The Morgan fingerprint density at radius 3 is 2.60 bits per heavy atom. The number of hydrogen-bond donors (Lipinski definition) is 0. The average Bonchev–Trinajstić information content (AvgIpc) is 2.67. The van der Waals surface area contributed by atoms with Crippen molar-refractivity contribution in [2.75, 3.05) is 19.5 Å². The highest BCUT2D eigenvalue weighted by Gasteiger charge is 2.33. The second kappa shape index (κ2) is 4.12. The van der Waals surface area contributed by atoms with Gasteiger partial charge in [-0.2, -0.15) is 0 Å². The van der Waals surface area contributed by atoms with Crippen molar-refractivity contribution in [3.63, 3.8) is 0 Å². The van der Waals surface area contributed by atoms with Crippen LogP contribution in [0.1, 0.15) is 12.5 Å². The third kappa shape index (κ3) is 2.02. The van der Waals surface area contributed by atoms with Crippen molar-refractivity contribution in [3.8, 4) is 0 Å². The standard InChI is InChI=1S/C11H13FO2S/c1-11(13-5-6-14-11)8-3-4-9(12)10(7-8)15-2/h3-4,7H,5-6H2,1-2H3. The Bertz CT molecular complexity index is 362. The van der Waals surface area contributed by atoms with Gasteiger partial charge in [-0.25, -0.2) is 4.39 Å². The minimum absolute atomic E-state index is 0.201. The fraction of sp³-hybridized carbons (Fsp3) is 0.455. The highest BCUT2D eigenvalue weighted by atomic mass is 32.2. The Morgan fingerprint density at radius 2 is 2.00 bits per heavy atom. The largest absolute Gasteiger partial charge is 0.344 e. The molecule has 0 unspecified atom stereocenters. The van der Waals surface area contributed by atoms with Crippen LogP contribution in [0.5, 0.6) is 0 Å². The van der Waals surface area contributed by atoms with E-state index < -0.39 is 5.79 Å². The van der Waals surface area contributed by atoms with E-state index in [1.807, 2.05) is 13.2 Å². The molecule has 0 spiro atoms. The van der Waals surface area contributed by atoms with Crippen LogP contribution in [0, 0.1) is 5.82 Å². The summed E-state index contributed by atoms with van der Waals surface area (Å²) in [6, 6.07) is 4.95. The van der Waals surface area contributed by atoms with Gasteiger partial charge in [-0.15, -0.1) is 11.8 Å². The molecule has 15 heavy (non-hydrogen) atoms. The molecule has 1 aliphatic rings. The molecule has 0 aromatic heterocycles. The van der Waals surface area contributed by atoms with Crippen molar-refractivity contribution in [2.45, 2.75) is 17.6 Å². The number of thioether (sulfide) groups is 1. The number of rotatable bonds is 2. The van der Waals surface area contributed by atoms with Crippen LogP contribution in [0.2, 0.25) is 0 Å². The average molecular weight is 228 g/mol. The molecule has 0 aliphatic carbocycles. The van der Waals surface area contributed by atoms with E-state index in [-0.39, 0.29) is 5.82 Å². The predicted octanol–water partition coefficient (Wildman–Crippen LogP) is 2.77. The van der Waals surface area contributed by atoms with Crippen molar-refractivity contribution in [2.24, 2.45) is 0 Å². The summed E-state index contributed by atoms with van der Waals surface area (Å²) >= 11 is 1.38. The molecule has 0 amide bonds. The molecule has 4 heteroatoms. The molecule has 1 aromatic rings. The zero-order valence-corrected chi connectivity index (χ0v) is 9.57. The Hall–Kier alpha value is -0.580. The molecule has 0 bridgehead atoms. The lowest BCUT2D eigenvalue weighted by Gasteiger charge is -2.23. The molecule has 0 saturated carbocycles. The molecule has 0 radical (unpaired) electrons. The number of ether oxygens (including phenoxy) is 2. The van der Waals surface area contributed by atoms with E-state index in [2.05, 4.69) is 0 Å². The molecular weight excluding hydrogens is 215 g/mol. The van der Waals surface area contributed by atoms with Crippen molar-refractivity contribution in [3.05, 3.63) is 29.6 Å². The van der Waals surface area contributed by atoms with Gasteiger partial charge in [0.25, 0.3) is 0 Å². The second-order valence-corrected chi connectivity index (χ2v) is 4.34. The molecular formula is C11H13FO2S. The van der Waals surface area contributed by atoms with Gasteiger partial charge in [-0.1, -0.05) is 6.07 Å². The summed E-state index contributed by atoms with van der Waals surface area (Å²) in [5.74, 6) is -0.911. The van der Waals surface area contributed by atoms with Crippen molar-refractivity contribution in [1.82, 2.24) is 0 Å². The Kier molecular flexibility index (Phi) is 3.00. The summed E-state index contributed by atoms with van der Waals surface area (Å²) in [4.78, 5) is 0.618. The maximum atomic E-state index is 13.3. The molecule has 82 valence electrons. The third-order valence-electron chi connectivity index (χ3n) is 2.51. The highest BCUT2D eigenvalue weighted by Crippen LogP contribution is 2.33. The van der Waals surface area contributed by atoms with Gasteiger partial charge in [-0.3, -0.25) is 0 Å². The summed E-state index contributed by atoms with van der Waals surface area (Å²) < 4.78 is 24.3. The van der Waals surface area contributed by atoms with Crippen molar-refractivity contribution < 1.29 is 13.9 Å². The van der Waals surface area contributed by atoms with Crippen LogP contribution in [0.25, 0.3) is 0 Å². The first-order valence-electron chi connectivity index (χ1n) is 4.77. The van der Waals surface area contributed by atoms with Crippen LogP contribution >= 0.6 is 11.8 Å². The zero-order chi connectivity index (χ0) is 10.9. The zero-order valence-electron chi connectivity index (χ0n) is 8.75. The van der Waals surface area contributed by atoms with Crippen molar-refractivity contribution in [1.29, 1.82) is 0 Å². The summed E-state index contributed by atoms with van der Waals surface area (Å²) in [5.41, 5.74) is 0.866. The Balaban J connectivity index is 2.36. The van der Waals surface area contributed by atoms with Gasteiger partial charge >= 0.3 is 0 Å². The maximum absolute atomic E-state index is 13.3. The summed E-state index contributed by atoms with van der Waals surface area (Å²) in [6.07, 6.45) is 1.85. The van der Waals surface area contributed by atoms with E-state index in [4.69, 9.17) is 9.47 Å². The van der Waals surface area contributed by atoms with E-state index >= 15 is 0 Å². The van der Waals surface area contributed by atoms with Gasteiger partial charge in [0.2, 0.25) is 0 Å². The van der Waals surface area contributed by atoms with Gasteiger partial charge in [0.05, 0.1) is 13.2 Å². The number of benzene rings is 1. The molecule has 0 atom stereocenters. The fourth-order valence-electron chi connectivity index (χ4n) is 1.62. The molecule has 2 nitrogen and oxygen atoms in total. The number of halogens is 1. The molecule has 1 fully saturated rings. The molecule has 1 aliphatic heterocycles. The summed E-state index contributed by atoms with van der Waals surface area (Å²) in [6.45, 7) is 3.03. The van der Waals surface area contributed by atoms with Crippen LogP contribution in [0.3, 0.4) is 0 Å². The van der Waals surface area contributed by atoms with E-state index in [0.29, 0.717) is 18.1 Å². The molecule has 1 saturated heterocycles. The SMILES string of the molecule is CSc1cc(C2(C)OCCO2)ccc1F. The van der Waals surface area contributed by atoms with Crippen LogP contribution in [-0.4, -0.2) is 19.5 Å². The topological polar surface area (TPSA) is 18.5 Å². The normalized spacial score (nSPS) is 19.4. The second-order valence-electron chi connectivity index (χ2n) is 3.49.